The van der Waals surface area contributed by atoms with Gasteiger partial charge in [-0.3, -0.25) is 5.10 Å². The number of nitriles is 1. The van der Waals surface area contributed by atoms with Crippen molar-refractivity contribution in [2.24, 2.45) is 5.92 Å². The maximum absolute atomic E-state index is 14.5. The van der Waals surface area contributed by atoms with Crippen molar-refractivity contribution in [1.29, 1.82) is 5.26 Å². The molecule has 1 aliphatic rings. The van der Waals surface area contributed by atoms with E-state index in [1.165, 1.54) is 0 Å². The smallest absolute Gasteiger partial charge is 0.218 e. The lowest BCUT2D eigenvalue weighted by Crippen LogP contribution is -2.00. The van der Waals surface area contributed by atoms with E-state index in [2.05, 4.69) is 16.3 Å². The van der Waals surface area contributed by atoms with Crippen LogP contribution >= 0.6 is 11.6 Å². The predicted octanol–water partition coefficient (Wildman–Crippen LogP) is 6.60. The Bertz CT molecular complexity index is 1330. The van der Waals surface area contributed by atoms with Crippen LogP contribution in [-0.4, -0.2) is 10.2 Å². The van der Waals surface area contributed by atoms with Gasteiger partial charge in [0.2, 0.25) is 5.95 Å². The van der Waals surface area contributed by atoms with Crippen molar-refractivity contribution in [2.75, 3.05) is 0 Å². The summed E-state index contributed by atoms with van der Waals surface area (Å²) in [6, 6.07) is 23.6. The molecule has 5 rings (SSSR count). The maximum atomic E-state index is 14.5. The second-order valence-electron chi connectivity index (χ2n) is 7.44. The Balaban J connectivity index is 1.91. The number of nitrogens with one attached hydrogen (secondary N) is 1. The summed E-state index contributed by atoms with van der Waals surface area (Å²) in [5.74, 6) is -0.252. The number of aromatic amines is 1. The molecule has 5 heteroatoms. The Hall–Kier alpha value is -3.42. The van der Waals surface area contributed by atoms with Crippen molar-refractivity contribution < 1.29 is 4.39 Å². The summed E-state index contributed by atoms with van der Waals surface area (Å²) in [6.07, 6.45) is 2.11. The normalized spacial score (nSPS) is 14.4. The van der Waals surface area contributed by atoms with Crippen LogP contribution in [0.5, 0.6) is 0 Å². The highest BCUT2D eigenvalue weighted by atomic mass is 35.5. The summed E-state index contributed by atoms with van der Waals surface area (Å²) < 4.78 is 14.5. The Kier molecular flexibility index (Phi) is 4.61. The first-order valence-electron chi connectivity index (χ1n) is 9.80. The highest BCUT2D eigenvalue weighted by Crippen LogP contribution is 2.49. The molecule has 30 heavy (non-hydrogen) atoms. The minimum Gasteiger partial charge on any atom is -0.252 e. The molecule has 1 saturated carbocycles. The average molecular weight is 414 g/mol. The SMILES string of the molecule is N#Cc1c(/C(=C(/c2ccccc2Cl)C2CC2)c2ccccc2)ccc2n[nH]c(F)c12. The number of hydrogen-bond acceptors (Lipinski definition) is 2. The first-order chi connectivity index (χ1) is 14.7. The molecule has 0 spiro atoms. The van der Waals surface area contributed by atoms with Crippen molar-refractivity contribution in [3.8, 4) is 6.07 Å². The van der Waals surface area contributed by atoms with Crippen LogP contribution in [0.25, 0.3) is 22.0 Å². The van der Waals surface area contributed by atoms with Crippen molar-refractivity contribution in [1.82, 2.24) is 10.2 Å². The van der Waals surface area contributed by atoms with Crippen LogP contribution in [0.4, 0.5) is 4.39 Å². The van der Waals surface area contributed by atoms with Gasteiger partial charge in [0.15, 0.2) is 0 Å². The zero-order valence-corrected chi connectivity index (χ0v) is 16.7. The Morgan fingerprint density at radius 3 is 2.43 bits per heavy atom. The molecule has 4 aromatic rings. The Morgan fingerprint density at radius 2 is 1.73 bits per heavy atom. The van der Waals surface area contributed by atoms with Crippen molar-refractivity contribution >= 4 is 33.7 Å². The third-order valence-electron chi connectivity index (χ3n) is 5.54. The number of benzene rings is 3. The fourth-order valence-corrected chi connectivity index (χ4v) is 4.31. The molecule has 1 N–H and O–H groups in total. The van der Waals surface area contributed by atoms with E-state index >= 15 is 0 Å². The van der Waals surface area contributed by atoms with E-state index < -0.39 is 5.95 Å². The largest absolute Gasteiger partial charge is 0.252 e. The molecule has 0 bridgehead atoms. The van der Waals surface area contributed by atoms with E-state index in [9.17, 15) is 9.65 Å². The minimum atomic E-state index is -0.596. The maximum Gasteiger partial charge on any atom is 0.218 e. The van der Waals surface area contributed by atoms with Crippen LogP contribution < -0.4 is 0 Å². The van der Waals surface area contributed by atoms with E-state index in [4.69, 9.17) is 11.6 Å². The first kappa shape index (κ1) is 18.6. The molecule has 0 unspecified atom stereocenters. The number of allylic oxidation sites excluding steroid dienone is 1. The molecule has 0 amide bonds. The van der Waals surface area contributed by atoms with Crippen LogP contribution in [0.15, 0.2) is 66.7 Å². The van der Waals surface area contributed by atoms with Gasteiger partial charge in [0, 0.05) is 10.6 Å². The van der Waals surface area contributed by atoms with Crippen LogP contribution in [0.2, 0.25) is 5.02 Å². The molecule has 1 aliphatic carbocycles. The molecule has 1 fully saturated rings. The molecule has 0 saturated heterocycles. The second-order valence-corrected chi connectivity index (χ2v) is 7.85. The molecule has 3 aromatic carbocycles. The van der Waals surface area contributed by atoms with Gasteiger partial charge in [-0.2, -0.15) is 14.8 Å². The molecular formula is C25H17ClFN3. The van der Waals surface area contributed by atoms with E-state index in [-0.39, 0.29) is 10.9 Å². The first-order valence-corrected chi connectivity index (χ1v) is 10.2. The van der Waals surface area contributed by atoms with Gasteiger partial charge in [0.05, 0.1) is 16.5 Å². The second kappa shape index (κ2) is 7.44. The summed E-state index contributed by atoms with van der Waals surface area (Å²) in [5, 5.41) is 17.2. The van der Waals surface area contributed by atoms with Gasteiger partial charge in [-0.05, 0) is 53.2 Å². The van der Waals surface area contributed by atoms with Gasteiger partial charge in [-0.1, -0.05) is 66.2 Å². The monoisotopic (exact) mass is 413 g/mol. The third-order valence-corrected chi connectivity index (χ3v) is 5.87. The molecule has 0 aliphatic heterocycles. The lowest BCUT2D eigenvalue weighted by molar-refractivity contribution is 0.588. The van der Waals surface area contributed by atoms with Gasteiger partial charge < -0.3 is 0 Å². The number of nitrogens with zero attached hydrogens (tertiary/aromatic N) is 2. The Morgan fingerprint density at radius 1 is 1.00 bits per heavy atom. The fourth-order valence-electron chi connectivity index (χ4n) is 4.07. The Labute approximate surface area is 178 Å². The predicted molar refractivity (Wildman–Crippen MR) is 117 cm³/mol. The molecular weight excluding hydrogens is 397 g/mol. The summed E-state index contributed by atoms with van der Waals surface area (Å²) >= 11 is 6.61. The summed E-state index contributed by atoms with van der Waals surface area (Å²) in [4.78, 5) is 0. The van der Waals surface area contributed by atoms with Crippen LogP contribution in [0.1, 0.15) is 35.1 Å². The van der Waals surface area contributed by atoms with Gasteiger partial charge in [-0.15, -0.1) is 0 Å². The lowest BCUT2D eigenvalue weighted by Gasteiger charge is -2.19. The number of aromatic nitrogens is 2. The van der Waals surface area contributed by atoms with E-state index in [1.54, 1.807) is 6.07 Å². The highest BCUT2D eigenvalue weighted by molar-refractivity contribution is 6.32. The quantitative estimate of drug-likeness (QED) is 0.383. The standard InChI is InChI=1S/C25H17ClFN3/c26-20-9-5-4-8-18(20)23(16-10-11-16)22(15-6-2-1-3-7-15)17-12-13-21-24(19(17)14-28)25(27)30-29-21/h1-9,12-13,16H,10-11H2,(H,29,30)/b23-22+. The summed E-state index contributed by atoms with van der Waals surface area (Å²) in [6.45, 7) is 0. The van der Waals surface area contributed by atoms with Crippen molar-refractivity contribution in [3.05, 3.63) is 100.0 Å². The number of hydrogen-bond donors (Lipinski definition) is 1. The molecule has 3 nitrogen and oxygen atoms in total. The van der Waals surface area contributed by atoms with Gasteiger partial charge >= 0.3 is 0 Å². The number of fused-ring (bicyclic) bond motifs is 1. The number of halogens is 2. The van der Waals surface area contributed by atoms with Crippen molar-refractivity contribution in [2.45, 2.75) is 12.8 Å². The van der Waals surface area contributed by atoms with Gasteiger partial charge in [0.1, 0.15) is 6.07 Å². The molecule has 0 atom stereocenters. The van der Waals surface area contributed by atoms with Gasteiger partial charge in [-0.25, -0.2) is 0 Å². The van der Waals surface area contributed by atoms with E-state index in [0.29, 0.717) is 22.0 Å². The van der Waals surface area contributed by atoms with Crippen LogP contribution in [0, 0.1) is 23.2 Å². The highest BCUT2D eigenvalue weighted by Gasteiger charge is 2.32. The molecule has 146 valence electrons. The zero-order valence-electron chi connectivity index (χ0n) is 16.0. The number of H-pyrrole nitrogens is 1. The topological polar surface area (TPSA) is 52.5 Å². The molecule has 1 heterocycles. The van der Waals surface area contributed by atoms with Crippen molar-refractivity contribution in [3.63, 3.8) is 0 Å². The van der Waals surface area contributed by atoms with Crippen LogP contribution in [0.3, 0.4) is 0 Å². The molecule has 0 radical (unpaired) electrons. The molecule has 1 aromatic heterocycles. The lowest BCUT2D eigenvalue weighted by atomic mass is 9.84. The van der Waals surface area contributed by atoms with E-state index in [1.807, 2.05) is 60.7 Å². The average Bonchev–Trinajstić information content (AvgIpc) is 3.55. The van der Waals surface area contributed by atoms with Gasteiger partial charge in [0.25, 0.3) is 0 Å². The minimum absolute atomic E-state index is 0.220. The summed E-state index contributed by atoms with van der Waals surface area (Å²) in [5.41, 5.74) is 5.36. The third kappa shape index (κ3) is 3.08. The fraction of sp³-hybridized carbons (Fsp3) is 0.120. The zero-order chi connectivity index (χ0) is 20.7. The van der Waals surface area contributed by atoms with E-state index in [0.717, 1.165) is 35.1 Å². The number of rotatable bonds is 4. The van der Waals surface area contributed by atoms with Crippen LogP contribution in [-0.2, 0) is 0 Å². The summed E-state index contributed by atoms with van der Waals surface area (Å²) in [7, 11) is 0.